The Balaban J connectivity index is 1.61. The first-order valence-corrected chi connectivity index (χ1v) is 8.90. The number of benzene rings is 2. The first-order chi connectivity index (χ1) is 13.1. The Morgan fingerprint density at radius 3 is 2.52 bits per heavy atom. The second-order valence-corrected chi connectivity index (χ2v) is 6.49. The van der Waals surface area contributed by atoms with Crippen LogP contribution in [0.15, 0.2) is 48.5 Å². The third-order valence-corrected chi connectivity index (χ3v) is 4.77. The number of rotatable bonds is 4. The minimum atomic E-state index is -0.362. The molecule has 1 aliphatic heterocycles. The van der Waals surface area contributed by atoms with Crippen LogP contribution in [0.3, 0.4) is 0 Å². The molecule has 1 N–H and O–H groups in total. The van der Waals surface area contributed by atoms with Crippen molar-refractivity contribution in [2.45, 2.75) is 18.4 Å². The molecule has 1 fully saturated rings. The van der Waals surface area contributed by atoms with Crippen molar-refractivity contribution in [1.82, 2.24) is 5.32 Å². The SMILES string of the molecule is COC1(CNC(=O)c2ccc(C#Cc3ccccc3F)cc2)CCOCC1. The zero-order valence-corrected chi connectivity index (χ0v) is 15.3. The smallest absolute Gasteiger partial charge is 0.251 e. The topological polar surface area (TPSA) is 47.6 Å². The summed E-state index contributed by atoms with van der Waals surface area (Å²) < 4.78 is 24.6. The average Bonchev–Trinajstić information content (AvgIpc) is 2.72. The number of halogens is 1. The van der Waals surface area contributed by atoms with Crippen molar-refractivity contribution in [2.75, 3.05) is 26.9 Å². The van der Waals surface area contributed by atoms with Crippen LogP contribution in [-0.2, 0) is 9.47 Å². The maximum absolute atomic E-state index is 13.6. The summed E-state index contributed by atoms with van der Waals surface area (Å²) in [4.78, 5) is 12.4. The van der Waals surface area contributed by atoms with Crippen LogP contribution in [0.2, 0.25) is 0 Å². The third-order valence-electron chi connectivity index (χ3n) is 4.77. The molecule has 1 saturated heterocycles. The Morgan fingerprint density at radius 1 is 1.15 bits per heavy atom. The van der Waals surface area contributed by atoms with E-state index in [2.05, 4.69) is 17.2 Å². The molecule has 2 aromatic carbocycles. The van der Waals surface area contributed by atoms with Gasteiger partial charge in [-0.2, -0.15) is 0 Å². The third kappa shape index (κ3) is 4.94. The van der Waals surface area contributed by atoms with E-state index in [1.54, 1.807) is 49.6 Å². The van der Waals surface area contributed by atoms with Gasteiger partial charge in [-0.15, -0.1) is 0 Å². The van der Waals surface area contributed by atoms with E-state index >= 15 is 0 Å². The van der Waals surface area contributed by atoms with Crippen LogP contribution in [0.1, 0.15) is 34.3 Å². The maximum Gasteiger partial charge on any atom is 0.251 e. The minimum absolute atomic E-state index is 0.161. The Labute approximate surface area is 158 Å². The minimum Gasteiger partial charge on any atom is -0.381 e. The summed E-state index contributed by atoms with van der Waals surface area (Å²) in [6.07, 6.45) is 1.52. The van der Waals surface area contributed by atoms with Gasteiger partial charge in [0.1, 0.15) is 5.82 Å². The Hall–Kier alpha value is -2.68. The largest absolute Gasteiger partial charge is 0.381 e. The molecule has 0 radical (unpaired) electrons. The van der Waals surface area contributed by atoms with Gasteiger partial charge in [0.15, 0.2) is 0 Å². The number of ether oxygens (including phenoxy) is 2. The summed E-state index contributed by atoms with van der Waals surface area (Å²) in [6.45, 7) is 1.72. The van der Waals surface area contributed by atoms with Gasteiger partial charge in [0.25, 0.3) is 5.91 Å². The molecule has 4 nitrogen and oxygen atoms in total. The van der Waals surface area contributed by atoms with Crippen LogP contribution in [-0.4, -0.2) is 38.4 Å². The fourth-order valence-electron chi connectivity index (χ4n) is 2.95. The zero-order valence-electron chi connectivity index (χ0n) is 15.3. The molecule has 1 heterocycles. The molecule has 0 saturated carbocycles. The number of amides is 1. The Kier molecular flexibility index (Phi) is 6.23. The molecular formula is C22H22FNO3. The molecule has 0 atom stereocenters. The number of hydrogen-bond donors (Lipinski definition) is 1. The lowest BCUT2D eigenvalue weighted by atomic mass is 9.94. The second-order valence-electron chi connectivity index (χ2n) is 6.49. The summed E-state index contributed by atoms with van der Waals surface area (Å²) >= 11 is 0. The lowest BCUT2D eigenvalue weighted by Gasteiger charge is -2.35. The second kappa shape index (κ2) is 8.81. The van der Waals surface area contributed by atoms with E-state index in [1.165, 1.54) is 6.07 Å². The molecule has 0 unspecified atom stereocenters. The van der Waals surface area contributed by atoms with Crippen molar-refractivity contribution in [1.29, 1.82) is 0 Å². The molecule has 0 aliphatic carbocycles. The first-order valence-electron chi connectivity index (χ1n) is 8.90. The van der Waals surface area contributed by atoms with Crippen molar-refractivity contribution in [3.05, 3.63) is 71.0 Å². The van der Waals surface area contributed by atoms with Crippen LogP contribution in [0.25, 0.3) is 0 Å². The lowest BCUT2D eigenvalue weighted by Crippen LogP contribution is -2.48. The molecule has 1 aliphatic rings. The van der Waals surface area contributed by atoms with Crippen LogP contribution in [0.4, 0.5) is 4.39 Å². The predicted molar refractivity (Wildman–Crippen MR) is 101 cm³/mol. The predicted octanol–water partition coefficient (Wildman–Crippen LogP) is 3.15. The molecule has 0 aromatic heterocycles. The van der Waals surface area contributed by atoms with Crippen LogP contribution < -0.4 is 5.32 Å². The van der Waals surface area contributed by atoms with Gasteiger partial charge in [0, 0.05) is 50.8 Å². The van der Waals surface area contributed by atoms with Crippen molar-refractivity contribution >= 4 is 5.91 Å². The molecule has 27 heavy (non-hydrogen) atoms. The van der Waals surface area contributed by atoms with E-state index in [-0.39, 0.29) is 17.3 Å². The van der Waals surface area contributed by atoms with Crippen molar-refractivity contribution in [2.24, 2.45) is 0 Å². The van der Waals surface area contributed by atoms with Gasteiger partial charge in [-0.25, -0.2) is 4.39 Å². The highest BCUT2D eigenvalue weighted by Gasteiger charge is 2.32. The summed E-state index contributed by atoms with van der Waals surface area (Å²) in [7, 11) is 1.67. The van der Waals surface area contributed by atoms with Gasteiger partial charge in [-0.05, 0) is 36.4 Å². The summed E-state index contributed by atoms with van der Waals surface area (Å²) in [5.41, 5.74) is 1.25. The quantitative estimate of drug-likeness (QED) is 0.845. The molecule has 3 rings (SSSR count). The van der Waals surface area contributed by atoms with Gasteiger partial charge in [-0.1, -0.05) is 24.0 Å². The van der Waals surface area contributed by atoms with Crippen LogP contribution in [0.5, 0.6) is 0 Å². The highest BCUT2D eigenvalue weighted by atomic mass is 19.1. The molecule has 5 heteroatoms. The van der Waals surface area contributed by atoms with E-state index in [1.807, 2.05) is 0 Å². The highest BCUT2D eigenvalue weighted by molar-refractivity contribution is 5.94. The normalized spacial score (nSPS) is 15.5. The van der Waals surface area contributed by atoms with Gasteiger partial charge < -0.3 is 14.8 Å². The van der Waals surface area contributed by atoms with E-state index in [4.69, 9.17) is 9.47 Å². The number of nitrogens with one attached hydrogen (secondary N) is 1. The molecule has 1 amide bonds. The van der Waals surface area contributed by atoms with Crippen molar-refractivity contribution in [3.63, 3.8) is 0 Å². The van der Waals surface area contributed by atoms with Crippen molar-refractivity contribution < 1.29 is 18.7 Å². The summed E-state index contributed by atoms with van der Waals surface area (Å²) in [5, 5.41) is 2.94. The molecule has 0 bridgehead atoms. The van der Waals surface area contributed by atoms with E-state index < -0.39 is 0 Å². The number of carbonyl (C=O) groups is 1. The summed E-state index contributed by atoms with van der Waals surface area (Å²) in [6, 6.07) is 13.3. The number of methoxy groups -OCH3 is 1. The highest BCUT2D eigenvalue weighted by Crippen LogP contribution is 2.23. The van der Waals surface area contributed by atoms with Crippen LogP contribution in [0, 0.1) is 17.7 Å². The fourth-order valence-corrected chi connectivity index (χ4v) is 2.95. The molecule has 2 aromatic rings. The van der Waals surface area contributed by atoms with Crippen molar-refractivity contribution in [3.8, 4) is 11.8 Å². The van der Waals surface area contributed by atoms with E-state index in [0.717, 1.165) is 12.8 Å². The van der Waals surface area contributed by atoms with E-state index in [0.29, 0.717) is 36.4 Å². The van der Waals surface area contributed by atoms with Gasteiger partial charge in [0.2, 0.25) is 0 Å². The monoisotopic (exact) mass is 367 g/mol. The maximum atomic E-state index is 13.6. The first kappa shape index (κ1) is 19.1. The number of carbonyl (C=O) groups excluding carboxylic acids is 1. The standard InChI is InChI=1S/C22H22FNO3/c1-26-22(12-14-27-15-13-22)16-24-21(25)19-10-7-17(8-11-19)6-9-18-4-2-3-5-20(18)23/h2-5,7-8,10-11H,12-16H2,1H3,(H,24,25). The fraction of sp³-hybridized carbons (Fsp3) is 0.318. The zero-order chi connectivity index (χ0) is 19.1. The lowest BCUT2D eigenvalue weighted by molar-refractivity contribution is -0.0864. The summed E-state index contributed by atoms with van der Waals surface area (Å²) in [5.74, 6) is 5.21. The Morgan fingerprint density at radius 2 is 1.85 bits per heavy atom. The average molecular weight is 367 g/mol. The van der Waals surface area contributed by atoms with Gasteiger partial charge in [-0.3, -0.25) is 4.79 Å². The van der Waals surface area contributed by atoms with E-state index in [9.17, 15) is 9.18 Å². The van der Waals surface area contributed by atoms with Gasteiger partial charge in [0.05, 0.1) is 11.2 Å². The molecule has 0 spiro atoms. The van der Waals surface area contributed by atoms with Crippen LogP contribution >= 0.6 is 0 Å². The number of hydrogen-bond acceptors (Lipinski definition) is 3. The Bertz CT molecular complexity index is 846. The molecular weight excluding hydrogens is 345 g/mol. The molecule has 140 valence electrons. The van der Waals surface area contributed by atoms with Gasteiger partial charge >= 0.3 is 0 Å².